The number of amides is 1. The van der Waals surface area contributed by atoms with E-state index >= 15 is 0 Å². The summed E-state index contributed by atoms with van der Waals surface area (Å²) in [5, 5.41) is 3.99. The highest BCUT2D eigenvalue weighted by Crippen LogP contribution is 2.39. The lowest BCUT2D eigenvalue weighted by atomic mass is 10.1. The number of hydrogen-bond donors (Lipinski definition) is 0. The fraction of sp³-hybridized carbons (Fsp3) is 0.200. The predicted molar refractivity (Wildman–Crippen MR) is 103 cm³/mol. The molecule has 0 bridgehead atoms. The number of ether oxygens (including phenoxy) is 2. The molecule has 2 aromatic carbocycles. The van der Waals surface area contributed by atoms with Crippen molar-refractivity contribution in [3.63, 3.8) is 0 Å². The van der Waals surface area contributed by atoms with Gasteiger partial charge in [-0.3, -0.25) is 4.79 Å². The Kier molecular flexibility index (Phi) is 4.54. The number of hydrogen-bond acceptors (Lipinski definition) is 7. The van der Waals surface area contributed by atoms with Crippen molar-refractivity contribution >= 4 is 15.9 Å². The van der Waals surface area contributed by atoms with Crippen LogP contribution in [0.4, 0.5) is 0 Å². The SMILES string of the molecule is COc1cc2c(cc1OC)S(=O)(=O)N(Cc1cc(-c3ccc(C)cc3)no1)C2=O. The molecule has 0 unspecified atom stereocenters. The molecule has 1 aromatic heterocycles. The first-order chi connectivity index (χ1) is 13.8. The summed E-state index contributed by atoms with van der Waals surface area (Å²) in [6.07, 6.45) is 0. The number of aromatic nitrogens is 1. The third-order valence-corrected chi connectivity index (χ3v) is 6.49. The molecule has 0 aliphatic carbocycles. The Morgan fingerprint density at radius 1 is 1.03 bits per heavy atom. The maximum absolute atomic E-state index is 12.9. The van der Waals surface area contributed by atoms with Crippen LogP contribution < -0.4 is 9.47 Å². The first kappa shape index (κ1) is 19.0. The number of carbonyl (C=O) groups is 1. The van der Waals surface area contributed by atoms with Crippen LogP contribution in [0, 0.1) is 6.92 Å². The Morgan fingerprint density at radius 2 is 1.69 bits per heavy atom. The van der Waals surface area contributed by atoms with Crippen molar-refractivity contribution in [3.8, 4) is 22.8 Å². The van der Waals surface area contributed by atoms with E-state index < -0.39 is 15.9 Å². The Morgan fingerprint density at radius 3 is 2.34 bits per heavy atom. The molecule has 0 saturated heterocycles. The molecule has 29 heavy (non-hydrogen) atoms. The van der Waals surface area contributed by atoms with Gasteiger partial charge in [-0.25, -0.2) is 12.7 Å². The van der Waals surface area contributed by atoms with Crippen LogP contribution in [0.2, 0.25) is 0 Å². The third kappa shape index (κ3) is 3.13. The van der Waals surface area contributed by atoms with Gasteiger partial charge in [0.1, 0.15) is 10.6 Å². The van der Waals surface area contributed by atoms with Gasteiger partial charge in [0.15, 0.2) is 17.3 Å². The van der Waals surface area contributed by atoms with E-state index in [9.17, 15) is 13.2 Å². The zero-order valence-electron chi connectivity index (χ0n) is 16.0. The first-order valence-electron chi connectivity index (χ1n) is 8.71. The van der Waals surface area contributed by atoms with Gasteiger partial charge in [0.05, 0.1) is 26.3 Å². The Bertz CT molecular complexity index is 1200. The molecule has 1 aliphatic heterocycles. The quantitative estimate of drug-likeness (QED) is 0.633. The minimum Gasteiger partial charge on any atom is -0.493 e. The second-order valence-corrected chi connectivity index (χ2v) is 8.40. The Balaban J connectivity index is 1.66. The minimum atomic E-state index is -4.05. The minimum absolute atomic E-state index is 0.0286. The summed E-state index contributed by atoms with van der Waals surface area (Å²) in [6.45, 7) is 1.71. The standard InChI is InChI=1S/C20H18N2O6S/c1-12-4-6-13(7-5-12)16-8-14(28-21-16)11-22-20(23)15-9-17(26-2)18(27-3)10-19(15)29(22,24)25/h4-10H,11H2,1-3H3. The summed E-state index contributed by atoms with van der Waals surface area (Å²) >= 11 is 0. The average Bonchev–Trinajstić information content (AvgIpc) is 3.25. The topological polar surface area (TPSA) is 98.9 Å². The molecule has 0 fully saturated rings. The van der Waals surface area contributed by atoms with E-state index in [-0.39, 0.29) is 34.3 Å². The molecule has 2 heterocycles. The van der Waals surface area contributed by atoms with Crippen molar-refractivity contribution in [2.75, 3.05) is 14.2 Å². The third-order valence-electron chi connectivity index (χ3n) is 4.72. The molecule has 9 heteroatoms. The van der Waals surface area contributed by atoms with Gasteiger partial charge in [0.25, 0.3) is 15.9 Å². The number of aryl methyl sites for hydroxylation is 1. The molecule has 0 saturated carbocycles. The number of rotatable bonds is 5. The second-order valence-electron chi connectivity index (χ2n) is 6.56. The Labute approximate surface area is 167 Å². The van der Waals surface area contributed by atoms with Gasteiger partial charge in [-0.2, -0.15) is 0 Å². The lowest BCUT2D eigenvalue weighted by molar-refractivity contribution is 0.0856. The van der Waals surface area contributed by atoms with Crippen LogP contribution >= 0.6 is 0 Å². The monoisotopic (exact) mass is 414 g/mol. The highest BCUT2D eigenvalue weighted by atomic mass is 32.2. The summed E-state index contributed by atoms with van der Waals surface area (Å²) in [5.74, 6) is 0.0993. The number of nitrogens with zero attached hydrogens (tertiary/aromatic N) is 2. The van der Waals surface area contributed by atoms with Crippen molar-refractivity contribution in [2.24, 2.45) is 0 Å². The van der Waals surface area contributed by atoms with Gasteiger partial charge < -0.3 is 14.0 Å². The maximum atomic E-state index is 12.9. The van der Waals surface area contributed by atoms with Crippen molar-refractivity contribution in [3.05, 3.63) is 59.4 Å². The zero-order valence-corrected chi connectivity index (χ0v) is 16.8. The maximum Gasteiger partial charge on any atom is 0.269 e. The van der Waals surface area contributed by atoms with E-state index in [1.807, 2.05) is 31.2 Å². The van der Waals surface area contributed by atoms with Gasteiger partial charge in [-0.05, 0) is 13.0 Å². The van der Waals surface area contributed by atoms with Crippen LogP contribution in [-0.2, 0) is 16.6 Å². The molecule has 0 N–H and O–H groups in total. The van der Waals surface area contributed by atoms with E-state index in [4.69, 9.17) is 14.0 Å². The summed E-state index contributed by atoms with van der Waals surface area (Å²) in [6, 6.07) is 11.9. The van der Waals surface area contributed by atoms with Crippen molar-refractivity contribution in [1.82, 2.24) is 9.46 Å². The summed E-state index contributed by atoms with van der Waals surface area (Å²) < 4.78 is 42.2. The zero-order chi connectivity index (χ0) is 20.8. The molecule has 3 aromatic rings. The number of carbonyl (C=O) groups excluding carboxylic acids is 1. The van der Waals surface area contributed by atoms with E-state index in [1.54, 1.807) is 6.07 Å². The fourth-order valence-electron chi connectivity index (χ4n) is 3.15. The average molecular weight is 414 g/mol. The van der Waals surface area contributed by atoms with Gasteiger partial charge in [0.2, 0.25) is 0 Å². The Hall–Kier alpha value is -3.33. The highest BCUT2D eigenvalue weighted by Gasteiger charge is 2.43. The molecular weight excluding hydrogens is 396 g/mol. The predicted octanol–water partition coefficient (Wildman–Crippen LogP) is 3.01. The first-order valence-corrected chi connectivity index (χ1v) is 10.1. The number of sulfonamides is 1. The number of fused-ring (bicyclic) bond motifs is 1. The molecule has 4 rings (SSSR count). The lowest BCUT2D eigenvalue weighted by Crippen LogP contribution is -2.29. The molecule has 0 spiro atoms. The van der Waals surface area contributed by atoms with Crippen LogP contribution in [0.5, 0.6) is 11.5 Å². The number of benzene rings is 2. The highest BCUT2D eigenvalue weighted by molar-refractivity contribution is 7.90. The van der Waals surface area contributed by atoms with E-state index in [0.29, 0.717) is 5.69 Å². The van der Waals surface area contributed by atoms with Crippen LogP contribution in [0.1, 0.15) is 21.7 Å². The van der Waals surface area contributed by atoms with E-state index in [1.165, 1.54) is 26.4 Å². The van der Waals surface area contributed by atoms with Gasteiger partial charge in [-0.15, -0.1) is 0 Å². The van der Waals surface area contributed by atoms with Crippen molar-refractivity contribution in [2.45, 2.75) is 18.4 Å². The second kappa shape index (κ2) is 6.93. The fourth-order valence-corrected chi connectivity index (χ4v) is 4.68. The molecule has 1 aliphatic rings. The smallest absolute Gasteiger partial charge is 0.269 e. The van der Waals surface area contributed by atoms with Crippen molar-refractivity contribution < 1.29 is 27.2 Å². The van der Waals surface area contributed by atoms with Crippen LogP contribution in [0.15, 0.2) is 51.9 Å². The van der Waals surface area contributed by atoms with Gasteiger partial charge in [0, 0.05) is 17.7 Å². The molecule has 1 amide bonds. The number of methoxy groups -OCH3 is 2. The molecular formula is C20H18N2O6S. The largest absolute Gasteiger partial charge is 0.493 e. The molecule has 150 valence electrons. The summed E-state index contributed by atoms with van der Waals surface area (Å²) in [5.41, 5.74) is 2.53. The van der Waals surface area contributed by atoms with E-state index in [0.717, 1.165) is 15.4 Å². The summed E-state index contributed by atoms with van der Waals surface area (Å²) in [7, 11) is -1.24. The molecule has 0 radical (unpaired) electrons. The summed E-state index contributed by atoms with van der Waals surface area (Å²) in [4.78, 5) is 12.7. The van der Waals surface area contributed by atoms with Crippen LogP contribution in [0.25, 0.3) is 11.3 Å². The molecule has 0 atom stereocenters. The lowest BCUT2D eigenvalue weighted by Gasteiger charge is -2.12. The van der Waals surface area contributed by atoms with Crippen molar-refractivity contribution in [1.29, 1.82) is 0 Å². The van der Waals surface area contributed by atoms with E-state index in [2.05, 4.69) is 5.16 Å². The molecule has 8 nitrogen and oxygen atoms in total. The van der Waals surface area contributed by atoms with Crippen LogP contribution in [0.3, 0.4) is 0 Å². The van der Waals surface area contributed by atoms with Crippen LogP contribution in [-0.4, -0.2) is 38.0 Å². The van der Waals surface area contributed by atoms with Gasteiger partial charge >= 0.3 is 0 Å². The van der Waals surface area contributed by atoms with Gasteiger partial charge in [-0.1, -0.05) is 35.0 Å². The normalized spacial score (nSPS) is 14.7.